The van der Waals surface area contributed by atoms with Crippen LogP contribution in [0.5, 0.6) is 0 Å². The van der Waals surface area contributed by atoms with E-state index in [-0.39, 0.29) is 30.1 Å². The van der Waals surface area contributed by atoms with Crippen LogP contribution in [0.4, 0.5) is 4.39 Å². The molecule has 2 rings (SSSR count). The maximum Gasteiger partial charge on any atom is 0.226 e. The first-order valence-corrected chi connectivity index (χ1v) is 5.51. The topological polar surface area (TPSA) is 44.1 Å². The molecule has 1 saturated carbocycles. The largest absolute Gasteiger partial charge is 0.332 e. The van der Waals surface area contributed by atoms with Gasteiger partial charge in [0, 0.05) is 13.0 Å². The molecule has 88 valence electrons. The van der Waals surface area contributed by atoms with Crippen molar-refractivity contribution < 1.29 is 9.18 Å². The Morgan fingerprint density at radius 2 is 2.41 bits per heavy atom. The van der Waals surface area contributed by atoms with Crippen molar-refractivity contribution in [1.29, 1.82) is 5.26 Å². The summed E-state index contributed by atoms with van der Waals surface area (Å²) in [6.45, 7) is 0.102. The fourth-order valence-electron chi connectivity index (χ4n) is 2.04. The fraction of sp³-hybridized carbons (Fsp3) is 0.385. The lowest BCUT2D eigenvalue weighted by molar-refractivity contribution is -0.130. The normalized spacial score (nSPS) is 21.7. The molecule has 0 aliphatic heterocycles. The molecule has 3 nitrogen and oxygen atoms in total. The highest BCUT2D eigenvalue weighted by Gasteiger charge is 2.45. The molecule has 0 radical (unpaired) electrons. The molecule has 1 aliphatic rings. The van der Waals surface area contributed by atoms with Crippen LogP contribution >= 0.6 is 0 Å². The highest BCUT2D eigenvalue weighted by molar-refractivity contribution is 5.83. The molecule has 0 spiro atoms. The lowest BCUT2D eigenvalue weighted by Gasteiger charge is -2.12. The number of halogens is 1. The number of amides is 1. The average Bonchev–Trinajstić information content (AvgIpc) is 3.08. The predicted molar refractivity (Wildman–Crippen MR) is 60.5 cm³/mol. The van der Waals surface area contributed by atoms with Gasteiger partial charge in [-0.15, -0.1) is 0 Å². The number of nitrogens with zero attached hydrogens (tertiary/aromatic N) is 2. The summed E-state index contributed by atoms with van der Waals surface area (Å²) < 4.78 is 13.0. The van der Waals surface area contributed by atoms with Crippen molar-refractivity contribution in [1.82, 2.24) is 4.90 Å². The maximum absolute atomic E-state index is 13.0. The van der Waals surface area contributed by atoms with Crippen LogP contribution in [0.15, 0.2) is 24.3 Å². The lowest BCUT2D eigenvalue weighted by atomic mass is 10.1. The molecule has 1 aliphatic carbocycles. The maximum atomic E-state index is 13.0. The van der Waals surface area contributed by atoms with Crippen LogP contribution < -0.4 is 0 Å². The van der Waals surface area contributed by atoms with Crippen molar-refractivity contribution in [3.8, 4) is 6.07 Å². The monoisotopic (exact) mass is 232 g/mol. The molecule has 1 amide bonds. The Labute approximate surface area is 99.5 Å². The Balaban J connectivity index is 2.01. The van der Waals surface area contributed by atoms with Crippen LogP contribution in [-0.4, -0.2) is 24.4 Å². The molecule has 2 atom stereocenters. The molecule has 0 aromatic heterocycles. The van der Waals surface area contributed by atoms with Crippen molar-refractivity contribution in [3.05, 3.63) is 35.6 Å². The highest BCUT2D eigenvalue weighted by atomic mass is 19.1. The van der Waals surface area contributed by atoms with Gasteiger partial charge in [0.2, 0.25) is 5.91 Å². The minimum absolute atomic E-state index is 0.0270. The minimum atomic E-state index is -0.272. The SMILES string of the molecule is CN(CC#N)C(=O)C1CC1c1cccc(F)c1. The number of carbonyl (C=O) groups is 1. The van der Waals surface area contributed by atoms with Crippen LogP contribution in [0.1, 0.15) is 17.9 Å². The first-order chi connectivity index (χ1) is 8.13. The summed E-state index contributed by atoms with van der Waals surface area (Å²) in [5.74, 6) is -0.277. The number of benzene rings is 1. The molecule has 0 bridgehead atoms. The van der Waals surface area contributed by atoms with Gasteiger partial charge in [0.25, 0.3) is 0 Å². The zero-order valence-corrected chi connectivity index (χ0v) is 9.56. The molecule has 0 saturated heterocycles. The Morgan fingerprint density at radius 3 is 3.06 bits per heavy atom. The van der Waals surface area contributed by atoms with Gasteiger partial charge in [0.05, 0.1) is 6.07 Å². The van der Waals surface area contributed by atoms with E-state index >= 15 is 0 Å². The third kappa shape index (κ3) is 2.44. The van der Waals surface area contributed by atoms with E-state index in [1.807, 2.05) is 12.1 Å². The third-order valence-electron chi connectivity index (χ3n) is 3.07. The Kier molecular flexibility index (Phi) is 3.10. The summed E-state index contributed by atoms with van der Waals surface area (Å²) >= 11 is 0. The van der Waals surface area contributed by atoms with Gasteiger partial charge in [-0.05, 0) is 30.0 Å². The van der Waals surface area contributed by atoms with E-state index in [9.17, 15) is 9.18 Å². The summed E-state index contributed by atoms with van der Waals surface area (Å²) in [7, 11) is 1.62. The molecule has 2 unspecified atom stereocenters. The van der Waals surface area contributed by atoms with Crippen molar-refractivity contribution >= 4 is 5.91 Å². The van der Waals surface area contributed by atoms with Gasteiger partial charge in [-0.1, -0.05) is 12.1 Å². The van der Waals surface area contributed by atoms with E-state index in [2.05, 4.69) is 0 Å². The van der Waals surface area contributed by atoms with Gasteiger partial charge in [0.15, 0.2) is 0 Å². The molecule has 1 aromatic carbocycles. The van der Waals surface area contributed by atoms with Crippen LogP contribution in [0, 0.1) is 23.1 Å². The first-order valence-electron chi connectivity index (χ1n) is 5.51. The smallest absolute Gasteiger partial charge is 0.226 e. The van der Waals surface area contributed by atoms with Gasteiger partial charge >= 0.3 is 0 Å². The number of carbonyl (C=O) groups excluding carboxylic acids is 1. The quantitative estimate of drug-likeness (QED) is 0.747. The van der Waals surface area contributed by atoms with E-state index < -0.39 is 0 Å². The van der Waals surface area contributed by atoms with Crippen LogP contribution in [0.2, 0.25) is 0 Å². The van der Waals surface area contributed by atoms with Gasteiger partial charge in [-0.2, -0.15) is 5.26 Å². The van der Waals surface area contributed by atoms with Crippen LogP contribution in [-0.2, 0) is 4.79 Å². The van der Waals surface area contributed by atoms with Gasteiger partial charge in [-0.3, -0.25) is 4.79 Å². The molecule has 1 aromatic rings. The molecule has 1 fully saturated rings. The van der Waals surface area contributed by atoms with E-state index in [1.165, 1.54) is 17.0 Å². The molecule has 0 N–H and O–H groups in total. The van der Waals surface area contributed by atoms with Crippen LogP contribution in [0.25, 0.3) is 0 Å². The summed E-state index contributed by atoms with van der Waals surface area (Å²) in [4.78, 5) is 13.3. The standard InChI is InChI=1S/C13H13FN2O/c1-16(6-5-15)13(17)12-8-11(12)9-3-2-4-10(14)7-9/h2-4,7,11-12H,6,8H2,1H3. The zero-order valence-electron chi connectivity index (χ0n) is 9.56. The van der Waals surface area contributed by atoms with Gasteiger partial charge < -0.3 is 4.90 Å². The van der Waals surface area contributed by atoms with Crippen molar-refractivity contribution in [2.24, 2.45) is 5.92 Å². The number of hydrogen-bond donors (Lipinski definition) is 0. The van der Waals surface area contributed by atoms with E-state index in [1.54, 1.807) is 13.1 Å². The number of nitriles is 1. The van der Waals surface area contributed by atoms with E-state index in [0.717, 1.165) is 12.0 Å². The van der Waals surface area contributed by atoms with E-state index in [0.29, 0.717) is 0 Å². The summed E-state index contributed by atoms with van der Waals surface area (Å²) in [6.07, 6.45) is 0.748. The van der Waals surface area contributed by atoms with Crippen LogP contribution in [0.3, 0.4) is 0 Å². The average molecular weight is 232 g/mol. The molecular weight excluding hydrogens is 219 g/mol. The van der Waals surface area contributed by atoms with Crippen molar-refractivity contribution in [3.63, 3.8) is 0 Å². The van der Waals surface area contributed by atoms with Crippen molar-refractivity contribution in [2.45, 2.75) is 12.3 Å². The highest BCUT2D eigenvalue weighted by Crippen LogP contribution is 2.48. The Hall–Kier alpha value is -1.89. The number of hydrogen-bond acceptors (Lipinski definition) is 2. The lowest BCUT2D eigenvalue weighted by Crippen LogP contribution is -2.28. The predicted octanol–water partition coefficient (Wildman–Crippen LogP) is 1.91. The second-order valence-electron chi connectivity index (χ2n) is 4.36. The molecular formula is C13H13FN2O. The van der Waals surface area contributed by atoms with Gasteiger partial charge in [-0.25, -0.2) is 4.39 Å². The first kappa shape index (κ1) is 11.6. The molecule has 17 heavy (non-hydrogen) atoms. The summed E-state index contributed by atoms with van der Waals surface area (Å²) in [5, 5.41) is 8.51. The van der Waals surface area contributed by atoms with Gasteiger partial charge in [0.1, 0.15) is 12.4 Å². The summed E-state index contributed by atoms with van der Waals surface area (Å²) in [6, 6.07) is 8.30. The third-order valence-corrected chi connectivity index (χ3v) is 3.07. The minimum Gasteiger partial charge on any atom is -0.332 e. The molecule has 0 heterocycles. The second-order valence-corrected chi connectivity index (χ2v) is 4.36. The summed E-state index contributed by atoms with van der Waals surface area (Å²) in [5.41, 5.74) is 0.869. The second kappa shape index (κ2) is 4.54. The Morgan fingerprint density at radius 1 is 1.65 bits per heavy atom. The zero-order chi connectivity index (χ0) is 12.4. The number of rotatable bonds is 3. The molecule has 4 heteroatoms. The Bertz CT molecular complexity index is 481. The van der Waals surface area contributed by atoms with Crippen molar-refractivity contribution in [2.75, 3.05) is 13.6 Å². The fourth-order valence-corrected chi connectivity index (χ4v) is 2.04. The van der Waals surface area contributed by atoms with E-state index in [4.69, 9.17) is 5.26 Å².